The SMILES string of the molecule is CC1c2ccc(-c3cc4c(c(-c5c(O)cccc5C5N=C(c6ccccc6)NC(c6ccccc6)=N5)c3)C4)cc2-c2ccccc2CC1c1cc(-c2ccccc2)nc(-c2ccccc2)c1. The van der Waals surface area contributed by atoms with Crippen LogP contribution in [0.25, 0.3) is 55.9 Å². The molecule has 0 saturated carbocycles. The number of pyridine rings is 1. The maximum absolute atomic E-state index is 11.8. The highest BCUT2D eigenvalue weighted by Gasteiger charge is 2.32. The number of fused-ring (bicyclic) bond motifs is 4. The molecule has 1 aromatic heterocycles. The van der Waals surface area contributed by atoms with Gasteiger partial charge in [0.2, 0.25) is 0 Å². The van der Waals surface area contributed by atoms with Gasteiger partial charge in [-0.2, -0.15) is 0 Å². The van der Waals surface area contributed by atoms with E-state index in [0.717, 1.165) is 86.0 Å². The predicted molar refractivity (Wildman–Crippen MR) is 269 cm³/mol. The number of rotatable bonds is 8. The first-order chi connectivity index (χ1) is 32.5. The van der Waals surface area contributed by atoms with Gasteiger partial charge < -0.3 is 10.4 Å². The van der Waals surface area contributed by atoms with E-state index in [0.29, 0.717) is 0 Å². The lowest BCUT2D eigenvalue weighted by molar-refractivity contribution is 0.476. The summed E-state index contributed by atoms with van der Waals surface area (Å²) in [6.07, 6.45) is 1.20. The third kappa shape index (κ3) is 7.29. The van der Waals surface area contributed by atoms with Gasteiger partial charge in [0.15, 0.2) is 6.17 Å². The first-order valence-electron chi connectivity index (χ1n) is 22.9. The van der Waals surface area contributed by atoms with Gasteiger partial charge in [-0.15, -0.1) is 0 Å². The highest BCUT2D eigenvalue weighted by Crippen LogP contribution is 2.50. The summed E-state index contributed by atoms with van der Waals surface area (Å²) < 4.78 is 0. The number of phenols is 1. The summed E-state index contributed by atoms with van der Waals surface area (Å²) in [5.41, 5.74) is 20.2. The molecule has 2 N–H and O–H groups in total. The van der Waals surface area contributed by atoms with Gasteiger partial charge in [0.25, 0.3) is 0 Å². The zero-order chi connectivity index (χ0) is 44.1. The van der Waals surface area contributed by atoms with E-state index in [1.807, 2.05) is 42.5 Å². The van der Waals surface area contributed by atoms with Crippen LogP contribution in [-0.4, -0.2) is 21.8 Å². The van der Waals surface area contributed by atoms with Crippen LogP contribution in [-0.2, 0) is 12.8 Å². The number of aromatic hydroxyl groups is 1. The van der Waals surface area contributed by atoms with Crippen molar-refractivity contribution >= 4 is 11.7 Å². The molecule has 2 atom stereocenters. The minimum absolute atomic E-state index is 0.218. The predicted octanol–water partition coefficient (Wildman–Crippen LogP) is 14.0. The van der Waals surface area contributed by atoms with E-state index < -0.39 is 6.17 Å². The van der Waals surface area contributed by atoms with Crippen LogP contribution in [0.3, 0.4) is 0 Å². The van der Waals surface area contributed by atoms with Gasteiger partial charge in [-0.1, -0.05) is 183 Å². The largest absolute Gasteiger partial charge is 0.507 e. The van der Waals surface area contributed by atoms with Gasteiger partial charge in [-0.3, -0.25) is 0 Å². The summed E-state index contributed by atoms with van der Waals surface area (Å²) in [4.78, 5) is 15.6. The molecular formula is C61H46N4O. The fraction of sp³-hybridized carbons (Fsp3) is 0.0984. The zero-order valence-corrected chi connectivity index (χ0v) is 36.6. The maximum Gasteiger partial charge on any atom is 0.170 e. The summed E-state index contributed by atoms with van der Waals surface area (Å²) in [6, 6.07) is 72.5. The first kappa shape index (κ1) is 39.4. The smallest absolute Gasteiger partial charge is 0.170 e. The Balaban J connectivity index is 0.954. The normalized spacial score (nSPS) is 16.1. The standard InChI is InChI=1S/C61H46N4O/c1-38-48-30-29-43(32-53(48)49-26-15-14-25-44(49)33-51(38)47-36-55(39-17-6-2-7-18-39)62-56(37-47)40-19-8-3-9-20-40)45-31-46-35-52(46)54(34-45)58-50(27-16-28-57(58)66)61-64-59(41-21-10-4-11-22-41)63-60(65-61)42-23-12-5-13-24-42/h2-32,34,36-38,51,61,66H,33,35H2,1H3,(H,63,64,65). The van der Waals surface area contributed by atoms with Crippen LogP contribution in [0.15, 0.2) is 216 Å². The Morgan fingerprint density at radius 2 is 1.05 bits per heavy atom. The monoisotopic (exact) mass is 850 g/mol. The summed E-state index contributed by atoms with van der Waals surface area (Å²) in [5.74, 6) is 2.15. The van der Waals surface area contributed by atoms with Crippen molar-refractivity contribution in [2.24, 2.45) is 9.98 Å². The highest BCUT2D eigenvalue weighted by atomic mass is 16.3. The molecule has 2 heterocycles. The second kappa shape index (κ2) is 16.4. The maximum atomic E-state index is 11.8. The molecule has 12 rings (SSSR count). The Morgan fingerprint density at radius 1 is 0.470 bits per heavy atom. The van der Waals surface area contributed by atoms with Crippen LogP contribution in [0.4, 0.5) is 0 Å². The first-order valence-corrected chi connectivity index (χ1v) is 22.9. The number of aromatic nitrogens is 1. The van der Waals surface area contributed by atoms with Gasteiger partial charge in [-0.05, 0) is 111 Å². The van der Waals surface area contributed by atoms with Crippen molar-refractivity contribution in [1.82, 2.24) is 10.3 Å². The number of benzene rings is 8. The molecule has 3 aliphatic rings. The van der Waals surface area contributed by atoms with Crippen molar-refractivity contribution in [3.05, 3.63) is 251 Å². The molecule has 0 saturated heterocycles. The quantitative estimate of drug-likeness (QED) is 0.160. The van der Waals surface area contributed by atoms with Crippen molar-refractivity contribution < 1.29 is 5.11 Å². The molecular weight excluding hydrogens is 805 g/mol. The molecule has 0 spiro atoms. The van der Waals surface area contributed by atoms with Gasteiger partial charge in [-0.25, -0.2) is 15.0 Å². The lowest BCUT2D eigenvalue weighted by atomic mass is 9.79. The van der Waals surface area contributed by atoms with Crippen LogP contribution in [0.1, 0.15) is 69.4 Å². The Kier molecular flexibility index (Phi) is 9.83. The summed E-state index contributed by atoms with van der Waals surface area (Å²) in [5, 5.41) is 15.4. The third-order valence-electron chi connectivity index (χ3n) is 13.7. The molecule has 5 heteroatoms. The minimum atomic E-state index is -0.580. The van der Waals surface area contributed by atoms with E-state index in [1.54, 1.807) is 6.07 Å². The zero-order valence-electron chi connectivity index (χ0n) is 36.6. The molecule has 5 nitrogen and oxygen atoms in total. The average molecular weight is 851 g/mol. The minimum Gasteiger partial charge on any atom is -0.507 e. The lowest BCUT2D eigenvalue weighted by Crippen LogP contribution is -2.36. The second-order valence-corrected chi connectivity index (χ2v) is 17.7. The molecule has 2 unspecified atom stereocenters. The Labute approximate surface area is 385 Å². The number of nitrogens with zero attached hydrogens (tertiary/aromatic N) is 3. The van der Waals surface area contributed by atoms with Gasteiger partial charge >= 0.3 is 0 Å². The molecule has 2 aliphatic carbocycles. The number of hydrogen-bond acceptors (Lipinski definition) is 5. The van der Waals surface area contributed by atoms with E-state index >= 15 is 0 Å². The lowest BCUT2D eigenvalue weighted by Gasteiger charge is -2.25. The topological polar surface area (TPSA) is 69.9 Å². The molecule has 0 radical (unpaired) electrons. The summed E-state index contributed by atoms with van der Waals surface area (Å²) in [7, 11) is 0. The number of nitrogens with one attached hydrogen (secondary N) is 1. The van der Waals surface area contributed by atoms with Crippen LogP contribution < -0.4 is 5.32 Å². The van der Waals surface area contributed by atoms with Gasteiger partial charge in [0.05, 0.1) is 11.4 Å². The number of amidine groups is 2. The summed E-state index contributed by atoms with van der Waals surface area (Å²) >= 11 is 0. The van der Waals surface area contributed by atoms with Crippen LogP contribution in [0.5, 0.6) is 5.75 Å². The number of aliphatic imine (C=N–C) groups is 2. The van der Waals surface area contributed by atoms with Gasteiger partial charge in [0.1, 0.15) is 17.4 Å². The van der Waals surface area contributed by atoms with Crippen LogP contribution in [0, 0.1) is 0 Å². The van der Waals surface area contributed by atoms with Gasteiger partial charge in [0, 0.05) is 33.4 Å². The highest BCUT2D eigenvalue weighted by molar-refractivity contribution is 6.16. The van der Waals surface area contributed by atoms with Crippen molar-refractivity contribution in [2.75, 3.05) is 0 Å². The molecule has 8 aromatic carbocycles. The molecule has 0 fully saturated rings. The second-order valence-electron chi connectivity index (χ2n) is 17.7. The number of phenolic OH excluding ortho intramolecular Hbond substituents is 1. The van der Waals surface area contributed by atoms with E-state index in [1.165, 1.54) is 38.9 Å². The van der Waals surface area contributed by atoms with Crippen LogP contribution in [0.2, 0.25) is 0 Å². The number of hydrogen-bond donors (Lipinski definition) is 2. The molecule has 0 amide bonds. The molecule has 0 bridgehead atoms. The van der Waals surface area contributed by atoms with Crippen molar-refractivity contribution in [3.8, 4) is 61.6 Å². The van der Waals surface area contributed by atoms with E-state index in [2.05, 4.69) is 170 Å². The Bertz CT molecular complexity index is 3250. The van der Waals surface area contributed by atoms with E-state index in [9.17, 15) is 5.11 Å². The Morgan fingerprint density at radius 3 is 1.68 bits per heavy atom. The van der Waals surface area contributed by atoms with Crippen molar-refractivity contribution in [1.29, 1.82) is 0 Å². The molecule has 316 valence electrons. The van der Waals surface area contributed by atoms with Crippen LogP contribution >= 0.6 is 0 Å². The van der Waals surface area contributed by atoms with E-state index in [4.69, 9.17) is 15.0 Å². The molecule has 1 aliphatic heterocycles. The van der Waals surface area contributed by atoms with Crippen molar-refractivity contribution in [3.63, 3.8) is 0 Å². The van der Waals surface area contributed by atoms with Crippen molar-refractivity contribution in [2.45, 2.75) is 37.8 Å². The Hall–Kier alpha value is -8.15. The van der Waals surface area contributed by atoms with E-state index in [-0.39, 0.29) is 17.6 Å². The molecule has 66 heavy (non-hydrogen) atoms. The molecule has 9 aromatic rings. The average Bonchev–Trinajstić information content (AvgIpc) is 4.20. The summed E-state index contributed by atoms with van der Waals surface area (Å²) in [6.45, 7) is 2.40. The fourth-order valence-electron chi connectivity index (χ4n) is 10.2. The fourth-order valence-corrected chi connectivity index (χ4v) is 10.2. The third-order valence-corrected chi connectivity index (χ3v) is 13.7.